The van der Waals surface area contributed by atoms with Gasteiger partial charge in [-0.25, -0.2) is 0 Å². The summed E-state index contributed by atoms with van der Waals surface area (Å²) < 4.78 is 16.5. The zero-order valence-electron chi connectivity index (χ0n) is 17.2. The highest BCUT2D eigenvalue weighted by Gasteiger charge is 2.43. The molecule has 1 atom stereocenters. The number of nitrogens with zero attached hydrogens (tertiary/aromatic N) is 1. The van der Waals surface area contributed by atoms with Crippen molar-refractivity contribution in [3.05, 3.63) is 81.9 Å². The van der Waals surface area contributed by atoms with Crippen LogP contribution in [0.15, 0.2) is 60.7 Å². The molecule has 0 aliphatic heterocycles. The molecule has 3 aromatic carbocycles. The normalized spacial score (nSPS) is 12.7. The summed E-state index contributed by atoms with van der Waals surface area (Å²) in [5, 5.41) is 23.9. The first kappa shape index (κ1) is 21.1. The number of methoxy groups -OCH3 is 3. The van der Waals surface area contributed by atoms with Gasteiger partial charge >= 0.3 is 5.69 Å². The molecule has 1 N–H and O–H groups in total. The van der Waals surface area contributed by atoms with Gasteiger partial charge in [0.15, 0.2) is 5.75 Å². The first-order valence-electron chi connectivity index (χ1n) is 9.22. The van der Waals surface area contributed by atoms with Crippen LogP contribution in [0.4, 0.5) is 5.69 Å². The largest absolute Gasteiger partial charge is 0.492 e. The van der Waals surface area contributed by atoms with Crippen LogP contribution in [0.2, 0.25) is 0 Å². The summed E-state index contributed by atoms with van der Waals surface area (Å²) in [6.45, 7) is 1.52. The van der Waals surface area contributed by atoms with Gasteiger partial charge in [0.25, 0.3) is 0 Å². The van der Waals surface area contributed by atoms with E-state index in [1.54, 1.807) is 54.6 Å². The van der Waals surface area contributed by atoms with Crippen molar-refractivity contribution in [1.29, 1.82) is 0 Å². The lowest BCUT2D eigenvalue weighted by Crippen LogP contribution is -2.26. The van der Waals surface area contributed by atoms with E-state index in [9.17, 15) is 15.2 Å². The zero-order chi connectivity index (χ0) is 21.9. The molecule has 0 aliphatic carbocycles. The van der Waals surface area contributed by atoms with Gasteiger partial charge in [0.1, 0.15) is 5.60 Å². The minimum Gasteiger partial charge on any atom is -0.492 e. The van der Waals surface area contributed by atoms with Crippen molar-refractivity contribution in [3.63, 3.8) is 0 Å². The van der Waals surface area contributed by atoms with Crippen LogP contribution < -0.4 is 14.2 Å². The zero-order valence-corrected chi connectivity index (χ0v) is 17.2. The van der Waals surface area contributed by atoms with Crippen molar-refractivity contribution < 1.29 is 24.2 Å². The monoisotopic (exact) mass is 409 g/mol. The van der Waals surface area contributed by atoms with Gasteiger partial charge in [0.05, 0.1) is 31.8 Å². The lowest BCUT2D eigenvalue weighted by Gasteiger charge is -2.29. The smallest absolute Gasteiger partial charge is 0.322 e. The van der Waals surface area contributed by atoms with Gasteiger partial charge in [0.2, 0.25) is 11.5 Å². The fraction of sp³-hybridized carbons (Fsp3) is 0.217. The van der Waals surface area contributed by atoms with E-state index in [0.717, 1.165) is 0 Å². The molecule has 0 amide bonds. The Bertz CT molecular complexity index is 1050. The lowest BCUT2D eigenvalue weighted by molar-refractivity contribution is -0.387. The summed E-state index contributed by atoms with van der Waals surface area (Å²) in [4.78, 5) is 11.7. The third kappa shape index (κ3) is 3.44. The Hall–Kier alpha value is -3.58. The molecule has 0 saturated heterocycles. The topological polar surface area (TPSA) is 91.1 Å². The van der Waals surface area contributed by atoms with Gasteiger partial charge in [0, 0.05) is 5.56 Å². The maximum atomic E-state index is 12.2. The van der Waals surface area contributed by atoms with E-state index in [-0.39, 0.29) is 28.5 Å². The molecular weight excluding hydrogens is 386 g/mol. The molecule has 0 fully saturated rings. The second-order valence-corrected chi connectivity index (χ2v) is 6.76. The van der Waals surface area contributed by atoms with Crippen LogP contribution in [0.25, 0.3) is 11.1 Å². The molecule has 7 nitrogen and oxygen atoms in total. The molecule has 1 unspecified atom stereocenters. The van der Waals surface area contributed by atoms with E-state index in [0.29, 0.717) is 16.7 Å². The summed E-state index contributed by atoms with van der Waals surface area (Å²) in [6.07, 6.45) is 0. The number of hydrogen-bond donors (Lipinski definition) is 1. The van der Waals surface area contributed by atoms with Gasteiger partial charge < -0.3 is 19.3 Å². The SMILES string of the molecule is COc1c(OC)c(-c2ccccc2)c(C(C)(O)c2ccccc2)c([N+](=O)[O-])c1OC. The summed E-state index contributed by atoms with van der Waals surface area (Å²) in [7, 11) is 4.14. The summed E-state index contributed by atoms with van der Waals surface area (Å²) in [6, 6.07) is 17.8. The maximum absolute atomic E-state index is 12.2. The predicted octanol–water partition coefficient (Wildman–Crippen LogP) is 4.54. The Morgan fingerprint density at radius 2 is 1.33 bits per heavy atom. The van der Waals surface area contributed by atoms with E-state index >= 15 is 0 Å². The standard InChI is InChI=1S/C23H23NO6/c1-23(25,16-13-9-6-10-14-16)18-17(15-11-7-5-8-12-15)20(28-2)22(30-4)21(29-3)19(18)24(26)27/h5-14,25H,1-4H3. The first-order valence-corrected chi connectivity index (χ1v) is 9.22. The van der Waals surface area contributed by atoms with Crippen molar-refractivity contribution in [2.45, 2.75) is 12.5 Å². The molecule has 0 spiro atoms. The second-order valence-electron chi connectivity index (χ2n) is 6.76. The minimum atomic E-state index is -1.73. The maximum Gasteiger partial charge on any atom is 0.322 e. The lowest BCUT2D eigenvalue weighted by atomic mass is 9.81. The summed E-state index contributed by atoms with van der Waals surface area (Å²) >= 11 is 0. The molecule has 156 valence electrons. The molecule has 0 heterocycles. The van der Waals surface area contributed by atoms with Crippen molar-refractivity contribution in [2.24, 2.45) is 0 Å². The van der Waals surface area contributed by atoms with Crippen molar-refractivity contribution in [1.82, 2.24) is 0 Å². The van der Waals surface area contributed by atoms with Crippen molar-refractivity contribution in [3.8, 4) is 28.4 Å². The molecule has 7 heteroatoms. The Kier molecular flexibility index (Phi) is 5.94. The quantitative estimate of drug-likeness (QED) is 0.455. The van der Waals surface area contributed by atoms with E-state index in [1.165, 1.54) is 28.3 Å². The van der Waals surface area contributed by atoms with E-state index in [4.69, 9.17) is 14.2 Å². The number of nitro groups is 1. The fourth-order valence-corrected chi connectivity index (χ4v) is 3.67. The van der Waals surface area contributed by atoms with Crippen LogP contribution in [-0.2, 0) is 5.60 Å². The van der Waals surface area contributed by atoms with Crippen molar-refractivity contribution in [2.75, 3.05) is 21.3 Å². The van der Waals surface area contributed by atoms with Crippen LogP contribution in [0, 0.1) is 10.1 Å². The third-order valence-corrected chi connectivity index (χ3v) is 5.02. The fourth-order valence-electron chi connectivity index (χ4n) is 3.67. The van der Waals surface area contributed by atoms with Gasteiger partial charge in [-0.1, -0.05) is 60.7 Å². The molecule has 30 heavy (non-hydrogen) atoms. The van der Waals surface area contributed by atoms with Crippen LogP contribution >= 0.6 is 0 Å². The minimum absolute atomic E-state index is 0.0550. The molecule has 3 rings (SSSR count). The molecule has 0 bridgehead atoms. The molecule has 0 aromatic heterocycles. The van der Waals surface area contributed by atoms with E-state index in [2.05, 4.69) is 0 Å². The van der Waals surface area contributed by atoms with Crippen LogP contribution in [0.3, 0.4) is 0 Å². The average molecular weight is 409 g/mol. The highest BCUT2D eigenvalue weighted by Crippen LogP contribution is 2.56. The molecule has 0 saturated carbocycles. The Morgan fingerprint density at radius 3 is 1.80 bits per heavy atom. The van der Waals surface area contributed by atoms with Crippen molar-refractivity contribution >= 4 is 5.69 Å². The molecular formula is C23H23NO6. The van der Waals surface area contributed by atoms with E-state index < -0.39 is 10.5 Å². The first-order chi connectivity index (χ1) is 14.4. The number of nitro benzene ring substituents is 1. The molecule has 0 radical (unpaired) electrons. The van der Waals surface area contributed by atoms with Crippen LogP contribution in [-0.4, -0.2) is 31.4 Å². The second kappa shape index (κ2) is 8.42. The highest BCUT2D eigenvalue weighted by atomic mass is 16.6. The predicted molar refractivity (Wildman–Crippen MR) is 113 cm³/mol. The third-order valence-electron chi connectivity index (χ3n) is 5.02. The Morgan fingerprint density at radius 1 is 0.833 bits per heavy atom. The summed E-state index contributed by atoms with van der Waals surface area (Å²) in [5.74, 6) is 0.195. The average Bonchev–Trinajstić information content (AvgIpc) is 2.77. The number of benzene rings is 3. The van der Waals surface area contributed by atoms with E-state index in [1.807, 2.05) is 6.07 Å². The van der Waals surface area contributed by atoms with Gasteiger partial charge in [-0.2, -0.15) is 0 Å². The van der Waals surface area contributed by atoms with Gasteiger partial charge in [-0.15, -0.1) is 0 Å². The highest BCUT2D eigenvalue weighted by molar-refractivity contribution is 5.87. The number of aliphatic hydroxyl groups is 1. The molecule has 3 aromatic rings. The van der Waals surface area contributed by atoms with Gasteiger partial charge in [-0.3, -0.25) is 10.1 Å². The number of hydrogen-bond acceptors (Lipinski definition) is 6. The van der Waals surface area contributed by atoms with Crippen LogP contribution in [0.5, 0.6) is 17.2 Å². The summed E-state index contributed by atoms with van der Waals surface area (Å²) in [5.41, 5.74) is -0.593. The number of rotatable bonds is 7. The molecule has 0 aliphatic rings. The van der Waals surface area contributed by atoms with Crippen LogP contribution in [0.1, 0.15) is 18.1 Å². The Labute approximate surface area is 174 Å². The Balaban J connectivity index is 2.58. The van der Waals surface area contributed by atoms with Gasteiger partial charge in [-0.05, 0) is 18.1 Å². The number of ether oxygens (including phenoxy) is 3.